The van der Waals surface area contributed by atoms with Crippen LogP contribution in [0.1, 0.15) is 65.7 Å². The predicted octanol–water partition coefficient (Wildman–Crippen LogP) is 3.73. The average Bonchev–Trinajstić information content (AvgIpc) is 3.10. The Kier molecular flexibility index (Phi) is 5.99. The second kappa shape index (κ2) is 8.14. The van der Waals surface area contributed by atoms with Gasteiger partial charge < -0.3 is 15.5 Å². The molecule has 8 atom stereocenters. The molecule has 4 aliphatic carbocycles. The summed E-state index contributed by atoms with van der Waals surface area (Å²) in [7, 11) is 0. The van der Waals surface area contributed by atoms with Crippen molar-refractivity contribution in [1.82, 2.24) is 5.32 Å². The van der Waals surface area contributed by atoms with Crippen molar-refractivity contribution in [2.45, 2.75) is 71.8 Å². The number of fused-ring (bicyclic) bond motifs is 3. The minimum Gasteiger partial charge on any atom is -0.481 e. The van der Waals surface area contributed by atoms with Crippen molar-refractivity contribution >= 4 is 34.7 Å². The first kappa shape index (κ1) is 24.3. The van der Waals surface area contributed by atoms with E-state index in [1.54, 1.807) is 0 Å². The van der Waals surface area contributed by atoms with Gasteiger partial charge in [0.2, 0.25) is 5.91 Å². The van der Waals surface area contributed by atoms with E-state index in [9.17, 15) is 29.4 Å². The molecule has 4 aliphatic rings. The number of carbonyl (C=O) groups excluding carboxylic acids is 2. The molecular weight excluding hydrogens is 442 g/mol. The zero-order valence-electron chi connectivity index (χ0n) is 19.7. The smallest absolute Gasteiger partial charge is 0.327 e. The average molecular weight is 478 g/mol. The van der Waals surface area contributed by atoms with Gasteiger partial charge in [0.1, 0.15) is 6.04 Å². The Bertz CT molecular complexity index is 919. The maximum Gasteiger partial charge on any atom is 0.327 e. The number of aliphatic carboxylic acids is 2. The highest BCUT2D eigenvalue weighted by atomic mass is 32.2. The molecule has 0 aromatic heterocycles. The van der Waals surface area contributed by atoms with Crippen LogP contribution < -0.4 is 5.32 Å². The zero-order valence-corrected chi connectivity index (χ0v) is 20.5. The summed E-state index contributed by atoms with van der Waals surface area (Å²) < 4.78 is 0. The minimum atomic E-state index is -1.19. The van der Waals surface area contributed by atoms with Crippen LogP contribution in [0, 0.1) is 39.9 Å². The number of rotatable bonds is 6. The Morgan fingerprint density at radius 1 is 1.18 bits per heavy atom. The maximum absolute atomic E-state index is 13.7. The van der Waals surface area contributed by atoms with Crippen molar-refractivity contribution in [2.24, 2.45) is 39.9 Å². The normalized spacial score (nSPS) is 42.2. The summed E-state index contributed by atoms with van der Waals surface area (Å²) in [4.78, 5) is 49.5. The van der Waals surface area contributed by atoms with Crippen molar-refractivity contribution in [3.05, 3.63) is 12.2 Å². The van der Waals surface area contributed by atoms with Gasteiger partial charge in [0.05, 0.1) is 5.92 Å². The van der Waals surface area contributed by atoms with E-state index in [0.29, 0.717) is 12.3 Å². The lowest BCUT2D eigenvalue weighted by Crippen LogP contribution is -2.50. The van der Waals surface area contributed by atoms with Crippen molar-refractivity contribution in [1.29, 1.82) is 0 Å². The lowest BCUT2D eigenvalue weighted by atomic mass is 9.53. The van der Waals surface area contributed by atoms with Crippen LogP contribution in [0.4, 0.5) is 0 Å². The van der Waals surface area contributed by atoms with Gasteiger partial charge in [-0.05, 0) is 67.1 Å². The Morgan fingerprint density at radius 2 is 1.88 bits per heavy atom. The van der Waals surface area contributed by atoms with E-state index < -0.39 is 35.2 Å². The molecule has 4 fully saturated rings. The van der Waals surface area contributed by atoms with E-state index in [2.05, 4.69) is 18.8 Å². The molecule has 4 saturated carbocycles. The fraction of sp³-hybridized carbons (Fsp3) is 0.760. The fourth-order valence-electron chi connectivity index (χ4n) is 8.62. The van der Waals surface area contributed by atoms with E-state index in [-0.39, 0.29) is 33.5 Å². The van der Waals surface area contributed by atoms with Gasteiger partial charge in [-0.2, -0.15) is 0 Å². The summed E-state index contributed by atoms with van der Waals surface area (Å²) in [6.07, 6.45) is 6.02. The zero-order chi connectivity index (χ0) is 24.3. The van der Waals surface area contributed by atoms with Gasteiger partial charge in [0, 0.05) is 18.1 Å². The molecule has 1 amide bonds. The molecule has 0 heterocycles. The Morgan fingerprint density at radius 3 is 2.48 bits per heavy atom. The number of hydrogen-bond donors (Lipinski definition) is 3. The van der Waals surface area contributed by atoms with Gasteiger partial charge in [-0.25, -0.2) is 4.79 Å². The molecule has 0 radical (unpaired) electrons. The molecule has 0 aromatic rings. The predicted molar refractivity (Wildman–Crippen MR) is 124 cm³/mol. The molecule has 8 unspecified atom stereocenters. The summed E-state index contributed by atoms with van der Waals surface area (Å²) in [6.45, 7) is 9.65. The summed E-state index contributed by atoms with van der Waals surface area (Å²) in [5.41, 5.74) is -0.258. The van der Waals surface area contributed by atoms with Gasteiger partial charge in [-0.3, -0.25) is 14.4 Å². The van der Waals surface area contributed by atoms with E-state index >= 15 is 0 Å². The molecule has 7 nitrogen and oxygen atoms in total. The fourth-order valence-corrected chi connectivity index (χ4v) is 9.72. The molecular formula is C25H35NO6S. The van der Waals surface area contributed by atoms with E-state index in [1.807, 2.05) is 6.92 Å². The minimum absolute atomic E-state index is 0.0715. The quantitative estimate of drug-likeness (QED) is 0.499. The molecule has 1 spiro atoms. The number of allylic oxidation sites excluding steroid dienone is 1. The summed E-state index contributed by atoms with van der Waals surface area (Å²) in [6, 6.07) is -1.16. The lowest BCUT2D eigenvalue weighted by molar-refractivity contribution is -0.153. The molecule has 4 rings (SSSR count). The van der Waals surface area contributed by atoms with Crippen LogP contribution in [0.25, 0.3) is 0 Å². The second-order valence-corrected chi connectivity index (χ2v) is 12.4. The third kappa shape index (κ3) is 3.55. The first-order valence-electron chi connectivity index (χ1n) is 11.9. The second-order valence-electron chi connectivity index (χ2n) is 11.4. The van der Waals surface area contributed by atoms with Crippen molar-refractivity contribution < 1.29 is 29.4 Å². The third-order valence-corrected chi connectivity index (χ3v) is 10.8. The van der Waals surface area contributed by atoms with Crippen molar-refractivity contribution in [3.8, 4) is 0 Å². The lowest BCUT2D eigenvalue weighted by Gasteiger charge is -2.51. The van der Waals surface area contributed by atoms with Gasteiger partial charge in [-0.15, -0.1) is 0 Å². The highest BCUT2D eigenvalue weighted by molar-refractivity contribution is 8.13. The summed E-state index contributed by atoms with van der Waals surface area (Å²) in [5.74, 6) is -2.78. The first-order chi connectivity index (χ1) is 15.4. The number of amides is 1. The third-order valence-electron chi connectivity index (χ3n) is 9.60. The number of carboxylic acid groups (broad SMARTS) is 2. The Balaban J connectivity index is 1.68. The highest BCUT2D eigenvalue weighted by Crippen LogP contribution is 2.77. The van der Waals surface area contributed by atoms with Crippen LogP contribution >= 0.6 is 11.8 Å². The number of nitrogens with one attached hydrogen (secondary N) is 1. The number of hydrogen-bond acceptors (Lipinski definition) is 5. The van der Waals surface area contributed by atoms with Crippen LogP contribution in [0.2, 0.25) is 0 Å². The molecule has 2 bridgehead atoms. The molecule has 0 aromatic carbocycles. The van der Waals surface area contributed by atoms with E-state index in [0.717, 1.165) is 50.3 Å². The van der Waals surface area contributed by atoms with E-state index in [1.165, 1.54) is 12.5 Å². The van der Waals surface area contributed by atoms with Gasteiger partial charge in [0.25, 0.3) is 0 Å². The van der Waals surface area contributed by atoms with Gasteiger partial charge in [-0.1, -0.05) is 44.2 Å². The molecule has 182 valence electrons. The maximum atomic E-state index is 13.7. The molecule has 3 N–H and O–H groups in total. The van der Waals surface area contributed by atoms with Crippen LogP contribution in [0.3, 0.4) is 0 Å². The van der Waals surface area contributed by atoms with Gasteiger partial charge >= 0.3 is 11.9 Å². The summed E-state index contributed by atoms with van der Waals surface area (Å²) in [5, 5.41) is 22.2. The van der Waals surface area contributed by atoms with Crippen LogP contribution in [-0.4, -0.2) is 45.0 Å². The number of thioether (sulfide) groups is 1. The summed E-state index contributed by atoms with van der Waals surface area (Å²) >= 11 is 0.927. The Labute approximate surface area is 199 Å². The molecule has 8 heteroatoms. The standard InChI is InChI=1S/C25H35NO6S/c1-13-10-25-11-15(13)6-7-17(25)23(3)8-5-9-24(4,19(23)18(25)21(30)31)22(32)33-12-16(20(28)29)26-14(2)27/h15-19H,1,5-12H2,2-4H3,(H,26,27)(H,28,29)(H,30,31). The van der Waals surface area contributed by atoms with E-state index in [4.69, 9.17) is 0 Å². The monoisotopic (exact) mass is 477 g/mol. The van der Waals surface area contributed by atoms with Crippen molar-refractivity contribution in [3.63, 3.8) is 0 Å². The van der Waals surface area contributed by atoms with Crippen LogP contribution in [0.15, 0.2) is 12.2 Å². The van der Waals surface area contributed by atoms with Crippen LogP contribution in [-0.2, 0) is 19.2 Å². The SMILES string of the molecule is C=C1CC23CC1CCC2C1(C)CCCC(C)(C(=O)SCC(NC(C)=O)C(=O)O)C1C3C(=O)O. The van der Waals surface area contributed by atoms with Crippen LogP contribution in [0.5, 0.6) is 0 Å². The first-order valence-corrected chi connectivity index (χ1v) is 12.9. The Hall–Kier alpha value is -1.83. The number of carbonyl (C=O) groups is 4. The van der Waals surface area contributed by atoms with Crippen molar-refractivity contribution in [2.75, 3.05) is 5.75 Å². The van der Waals surface area contributed by atoms with Gasteiger partial charge in [0.15, 0.2) is 5.12 Å². The largest absolute Gasteiger partial charge is 0.481 e. The number of carboxylic acids is 2. The molecule has 0 saturated heterocycles. The highest BCUT2D eigenvalue weighted by Gasteiger charge is 2.74. The topological polar surface area (TPSA) is 121 Å². The molecule has 33 heavy (non-hydrogen) atoms. The molecule has 0 aliphatic heterocycles.